The molecule has 0 amide bonds. The minimum absolute atomic E-state index is 0.0299. The summed E-state index contributed by atoms with van der Waals surface area (Å²) in [5, 5.41) is 0. The monoisotopic (exact) mass is 364 g/mol. The number of allylic oxidation sites excluding steroid dienone is 2. The molecule has 26 heavy (non-hydrogen) atoms. The van der Waals surface area contributed by atoms with Gasteiger partial charge in [0.2, 0.25) is 0 Å². The Kier molecular flexibility index (Phi) is 3.25. The van der Waals surface area contributed by atoms with Crippen molar-refractivity contribution in [1.82, 2.24) is 0 Å². The van der Waals surface area contributed by atoms with E-state index >= 15 is 8.78 Å². The second-order valence-corrected chi connectivity index (χ2v) is 10.2. The molecule has 0 aromatic rings. The summed E-state index contributed by atoms with van der Waals surface area (Å²) >= 11 is 0. The molecule has 5 rings (SSSR count). The largest absolute Gasteiger partial charge is 0.462 e. The lowest BCUT2D eigenvalue weighted by Crippen LogP contribution is -2.54. The Morgan fingerprint density at radius 2 is 1.88 bits per heavy atom. The highest BCUT2D eigenvalue weighted by atomic mass is 19.3. The number of hydrogen-bond donors (Lipinski definition) is 0. The summed E-state index contributed by atoms with van der Waals surface area (Å²) in [6, 6.07) is 0. The van der Waals surface area contributed by atoms with Gasteiger partial charge in [-0.2, -0.15) is 0 Å². The van der Waals surface area contributed by atoms with Crippen molar-refractivity contribution >= 4 is 5.97 Å². The van der Waals surface area contributed by atoms with E-state index in [4.69, 9.17) is 4.74 Å². The van der Waals surface area contributed by atoms with Gasteiger partial charge in [-0.05, 0) is 68.1 Å². The van der Waals surface area contributed by atoms with Crippen molar-refractivity contribution in [3.8, 4) is 0 Å². The average molecular weight is 364 g/mol. The molecule has 8 unspecified atom stereocenters. The highest BCUT2D eigenvalue weighted by Gasteiger charge is 2.88. The first-order chi connectivity index (χ1) is 12.2. The predicted octanol–water partition coefficient (Wildman–Crippen LogP) is 5.37. The number of carbonyl (C=O) groups is 1. The Hall–Kier alpha value is -0.930. The number of hydrogen-bond acceptors (Lipinski definition) is 2. The van der Waals surface area contributed by atoms with Crippen LogP contribution in [-0.4, -0.2) is 18.0 Å². The summed E-state index contributed by atoms with van der Waals surface area (Å²) in [6.07, 6.45) is 10.3. The number of esters is 1. The summed E-state index contributed by atoms with van der Waals surface area (Å²) in [5.41, 5.74) is -1.18. The Morgan fingerprint density at radius 3 is 2.62 bits per heavy atom. The quantitative estimate of drug-likeness (QED) is 0.462. The smallest absolute Gasteiger partial charge is 0.302 e. The van der Waals surface area contributed by atoms with Gasteiger partial charge in [-0.1, -0.05) is 26.0 Å². The SMILES string of the molecule is CC(=O)OC1CCC2C3CC4C(F)(F)C45C=CCCC5(C)C3CCC12C. The average Bonchev–Trinajstić information content (AvgIpc) is 2.86. The second-order valence-electron chi connectivity index (χ2n) is 10.2. The van der Waals surface area contributed by atoms with Crippen molar-refractivity contribution in [2.75, 3.05) is 0 Å². The summed E-state index contributed by atoms with van der Waals surface area (Å²) in [7, 11) is 0. The second kappa shape index (κ2) is 4.91. The van der Waals surface area contributed by atoms with E-state index in [1.165, 1.54) is 6.92 Å². The summed E-state index contributed by atoms with van der Waals surface area (Å²) in [5.74, 6) is -2.07. The molecule has 0 aromatic heterocycles. The lowest BCUT2D eigenvalue weighted by atomic mass is 9.45. The third-order valence-electron chi connectivity index (χ3n) is 9.60. The molecule has 0 heterocycles. The molecule has 144 valence electrons. The van der Waals surface area contributed by atoms with Gasteiger partial charge in [0, 0.05) is 18.3 Å². The Balaban J connectivity index is 1.52. The molecule has 4 heteroatoms. The fraction of sp³-hybridized carbons (Fsp3) is 0.864. The van der Waals surface area contributed by atoms with E-state index in [1.807, 2.05) is 12.2 Å². The molecule has 0 radical (unpaired) electrons. The molecule has 5 aliphatic rings. The van der Waals surface area contributed by atoms with Crippen molar-refractivity contribution in [3.05, 3.63) is 12.2 Å². The molecular formula is C22H30F2O2. The van der Waals surface area contributed by atoms with Gasteiger partial charge in [0.15, 0.2) is 0 Å². The van der Waals surface area contributed by atoms with Crippen molar-refractivity contribution in [1.29, 1.82) is 0 Å². The van der Waals surface area contributed by atoms with Crippen LogP contribution in [0.2, 0.25) is 0 Å². The number of ether oxygens (including phenoxy) is 1. The molecule has 0 saturated heterocycles. The number of halogens is 2. The van der Waals surface area contributed by atoms with Crippen LogP contribution in [-0.2, 0) is 9.53 Å². The van der Waals surface area contributed by atoms with Gasteiger partial charge in [0.05, 0.1) is 5.41 Å². The van der Waals surface area contributed by atoms with Crippen LogP contribution in [0, 0.1) is 39.9 Å². The van der Waals surface area contributed by atoms with Crippen LogP contribution < -0.4 is 0 Å². The fourth-order valence-electron chi connectivity index (χ4n) is 8.40. The van der Waals surface area contributed by atoms with Gasteiger partial charge in [-0.3, -0.25) is 4.79 Å². The zero-order valence-electron chi connectivity index (χ0n) is 16.1. The number of alkyl halides is 2. The molecule has 8 atom stereocenters. The Bertz CT molecular complexity index is 688. The van der Waals surface area contributed by atoms with Crippen molar-refractivity contribution in [3.63, 3.8) is 0 Å². The zero-order valence-corrected chi connectivity index (χ0v) is 16.1. The molecule has 0 aliphatic heterocycles. The van der Waals surface area contributed by atoms with E-state index in [9.17, 15) is 4.79 Å². The van der Waals surface area contributed by atoms with Gasteiger partial charge in [-0.25, -0.2) is 8.78 Å². The topological polar surface area (TPSA) is 26.3 Å². The molecule has 4 fully saturated rings. The maximum atomic E-state index is 15.1. The van der Waals surface area contributed by atoms with Crippen LogP contribution in [0.1, 0.15) is 65.7 Å². The first-order valence-electron chi connectivity index (χ1n) is 10.4. The number of rotatable bonds is 1. The first kappa shape index (κ1) is 17.2. The molecule has 0 N–H and O–H groups in total. The fourth-order valence-corrected chi connectivity index (χ4v) is 8.40. The maximum absolute atomic E-state index is 15.1. The van der Waals surface area contributed by atoms with Gasteiger partial charge in [0.25, 0.3) is 5.92 Å². The predicted molar refractivity (Wildman–Crippen MR) is 94.6 cm³/mol. The van der Waals surface area contributed by atoms with Gasteiger partial charge in [0.1, 0.15) is 6.10 Å². The van der Waals surface area contributed by atoms with E-state index in [0.717, 1.165) is 38.5 Å². The van der Waals surface area contributed by atoms with Gasteiger partial charge >= 0.3 is 5.97 Å². The van der Waals surface area contributed by atoms with Gasteiger partial charge < -0.3 is 4.74 Å². The molecule has 0 bridgehead atoms. The van der Waals surface area contributed by atoms with Crippen LogP contribution in [0.5, 0.6) is 0 Å². The minimum atomic E-state index is -2.54. The zero-order chi connectivity index (χ0) is 18.5. The number of carbonyl (C=O) groups excluding carboxylic acids is 1. The van der Waals surface area contributed by atoms with E-state index in [1.54, 1.807) is 0 Å². The van der Waals surface area contributed by atoms with Crippen LogP contribution in [0.15, 0.2) is 12.2 Å². The van der Waals surface area contributed by atoms with Crippen molar-refractivity contribution < 1.29 is 18.3 Å². The summed E-state index contributed by atoms with van der Waals surface area (Å²) in [4.78, 5) is 11.6. The number of fused-ring (bicyclic) bond motifs is 4. The molecule has 1 spiro atoms. The van der Waals surface area contributed by atoms with E-state index in [-0.39, 0.29) is 22.9 Å². The highest BCUT2D eigenvalue weighted by molar-refractivity contribution is 5.66. The summed E-state index contributed by atoms with van der Waals surface area (Å²) in [6.45, 7) is 5.91. The Morgan fingerprint density at radius 1 is 1.12 bits per heavy atom. The third kappa shape index (κ3) is 1.71. The molecule has 4 saturated carbocycles. The lowest BCUT2D eigenvalue weighted by Gasteiger charge is -2.58. The van der Waals surface area contributed by atoms with Crippen LogP contribution in [0.25, 0.3) is 0 Å². The maximum Gasteiger partial charge on any atom is 0.302 e. The van der Waals surface area contributed by atoms with E-state index < -0.39 is 17.3 Å². The molecular weight excluding hydrogens is 334 g/mol. The van der Waals surface area contributed by atoms with Crippen LogP contribution in [0.4, 0.5) is 8.78 Å². The van der Waals surface area contributed by atoms with Crippen molar-refractivity contribution in [2.24, 2.45) is 39.9 Å². The third-order valence-corrected chi connectivity index (χ3v) is 9.60. The lowest BCUT2D eigenvalue weighted by molar-refractivity contribution is -0.160. The molecule has 0 aromatic carbocycles. The normalized spacial score (nSPS) is 56.0. The standard InChI is InChI=1S/C22H30F2O2/c1-13(25)26-18-7-6-15-14-12-17-21(22(17,23)24)10-5-4-9-20(21,3)16(14)8-11-19(15,18)2/h5,10,14-18H,4,6-9,11-12H2,1-3H3. The highest BCUT2D eigenvalue weighted by Crippen LogP contribution is 2.84. The Labute approximate surface area is 154 Å². The van der Waals surface area contributed by atoms with Gasteiger partial charge in [-0.15, -0.1) is 0 Å². The van der Waals surface area contributed by atoms with E-state index in [2.05, 4.69) is 13.8 Å². The van der Waals surface area contributed by atoms with E-state index in [0.29, 0.717) is 24.2 Å². The van der Waals surface area contributed by atoms with Crippen LogP contribution >= 0.6 is 0 Å². The first-order valence-corrected chi connectivity index (χ1v) is 10.4. The summed E-state index contributed by atoms with van der Waals surface area (Å²) < 4.78 is 35.8. The molecule has 5 aliphatic carbocycles. The minimum Gasteiger partial charge on any atom is -0.462 e. The van der Waals surface area contributed by atoms with Crippen LogP contribution in [0.3, 0.4) is 0 Å². The van der Waals surface area contributed by atoms with Crippen molar-refractivity contribution in [2.45, 2.75) is 77.7 Å². The molecule has 2 nitrogen and oxygen atoms in total.